The van der Waals surface area contributed by atoms with Crippen LogP contribution in [-0.2, 0) is 0 Å². The molecule has 0 amide bonds. The summed E-state index contributed by atoms with van der Waals surface area (Å²) in [5.41, 5.74) is 4.76. The van der Waals surface area contributed by atoms with E-state index < -0.39 is 0 Å². The largest absolute Gasteiger partial charge is 0.372 e. The molecule has 1 saturated heterocycles. The van der Waals surface area contributed by atoms with Crippen molar-refractivity contribution in [2.45, 2.75) is 12.8 Å². The van der Waals surface area contributed by atoms with Crippen molar-refractivity contribution in [3.63, 3.8) is 0 Å². The number of aliphatic imine (C=N–C) groups is 1. The Morgan fingerprint density at radius 2 is 1.88 bits per heavy atom. The topological polar surface area (TPSA) is 65.7 Å². The van der Waals surface area contributed by atoms with Gasteiger partial charge in [0.2, 0.25) is 5.96 Å². The number of hydrogen-bond donors (Lipinski definition) is 3. The molecule has 0 radical (unpaired) electrons. The van der Waals surface area contributed by atoms with Crippen LogP contribution in [0.4, 0.5) is 11.4 Å². The summed E-state index contributed by atoms with van der Waals surface area (Å²) in [6.45, 7) is 2.33. The summed E-state index contributed by atoms with van der Waals surface area (Å²) in [7, 11) is 1.68. The zero-order chi connectivity index (χ0) is 12.1. The van der Waals surface area contributed by atoms with Gasteiger partial charge in [-0.1, -0.05) is 0 Å². The number of benzene rings is 1. The number of anilines is 2. The molecular formula is C12H19N5. The monoisotopic (exact) mass is 233 g/mol. The second-order valence-corrected chi connectivity index (χ2v) is 4.08. The van der Waals surface area contributed by atoms with Crippen LogP contribution < -0.4 is 21.5 Å². The van der Waals surface area contributed by atoms with Gasteiger partial charge in [0.15, 0.2) is 0 Å². The molecule has 1 aliphatic rings. The van der Waals surface area contributed by atoms with Gasteiger partial charge in [0.05, 0.1) is 0 Å². The van der Waals surface area contributed by atoms with Crippen molar-refractivity contribution in [1.82, 2.24) is 5.43 Å². The van der Waals surface area contributed by atoms with Crippen LogP contribution in [0.1, 0.15) is 12.8 Å². The zero-order valence-electron chi connectivity index (χ0n) is 10.1. The second-order valence-electron chi connectivity index (χ2n) is 4.08. The van der Waals surface area contributed by atoms with E-state index in [2.05, 4.69) is 32.8 Å². The maximum atomic E-state index is 5.31. The summed E-state index contributed by atoms with van der Waals surface area (Å²) in [4.78, 5) is 6.36. The van der Waals surface area contributed by atoms with Crippen LogP contribution in [0.25, 0.3) is 0 Å². The smallest absolute Gasteiger partial charge is 0.209 e. The van der Waals surface area contributed by atoms with Gasteiger partial charge < -0.3 is 10.2 Å². The Kier molecular flexibility index (Phi) is 3.82. The molecule has 0 aliphatic carbocycles. The van der Waals surface area contributed by atoms with Gasteiger partial charge in [0, 0.05) is 31.5 Å². The van der Waals surface area contributed by atoms with E-state index in [1.807, 2.05) is 12.1 Å². The average molecular weight is 233 g/mol. The van der Waals surface area contributed by atoms with Crippen LogP contribution in [0.5, 0.6) is 0 Å². The lowest BCUT2D eigenvalue weighted by Crippen LogP contribution is -2.36. The van der Waals surface area contributed by atoms with E-state index in [0.29, 0.717) is 5.96 Å². The molecule has 1 aromatic rings. The van der Waals surface area contributed by atoms with Crippen LogP contribution in [0.2, 0.25) is 0 Å². The fourth-order valence-electron chi connectivity index (χ4n) is 2.02. The van der Waals surface area contributed by atoms with E-state index in [0.717, 1.165) is 5.69 Å². The van der Waals surface area contributed by atoms with Crippen molar-refractivity contribution >= 4 is 17.3 Å². The lowest BCUT2D eigenvalue weighted by molar-refractivity contribution is 0.949. The highest BCUT2D eigenvalue weighted by atomic mass is 15.3. The van der Waals surface area contributed by atoms with Crippen LogP contribution >= 0.6 is 0 Å². The predicted molar refractivity (Wildman–Crippen MR) is 72.2 cm³/mol. The van der Waals surface area contributed by atoms with Gasteiger partial charge in [0.1, 0.15) is 0 Å². The molecule has 0 aromatic heterocycles. The molecule has 2 rings (SSSR count). The number of guanidine groups is 1. The van der Waals surface area contributed by atoms with E-state index >= 15 is 0 Å². The Bertz CT molecular complexity index is 378. The zero-order valence-corrected chi connectivity index (χ0v) is 10.1. The first-order valence-corrected chi connectivity index (χ1v) is 5.89. The van der Waals surface area contributed by atoms with Crippen LogP contribution in [-0.4, -0.2) is 26.1 Å². The van der Waals surface area contributed by atoms with E-state index in [9.17, 15) is 0 Å². The highest BCUT2D eigenvalue weighted by Crippen LogP contribution is 2.21. The molecule has 5 nitrogen and oxygen atoms in total. The molecule has 1 fully saturated rings. The van der Waals surface area contributed by atoms with Gasteiger partial charge in [-0.25, -0.2) is 5.84 Å². The minimum Gasteiger partial charge on any atom is -0.372 e. The first-order chi connectivity index (χ1) is 8.33. The quantitative estimate of drug-likeness (QED) is 0.310. The number of nitrogens with one attached hydrogen (secondary N) is 2. The van der Waals surface area contributed by atoms with Crippen LogP contribution in [0.3, 0.4) is 0 Å². The molecule has 92 valence electrons. The Balaban J connectivity index is 2.02. The van der Waals surface area contributed by atoms with Gasteiger partial charge >= 0.3 is 0 Å². The highest BCUT2D eigenvalue weighted by Gasteiger charge is 2.11. The van der Waals surface area contributed by atoms with E-state index in [1.165, 1.54) is 31.6 Å². The minimum absolute atomic E-state index is 0.555. The molecular weight excluding hydrogens is 214 g/mol. The molecule has 0 saturated carbocycles. The Morgan fingerprint density at radius 3 is 2.41 bits per heavy atom. The minimum atomic E-state index is 0.555. The maximum Gasteiger partial charge on any atom is 0.209 e. The third-order valence-corrected chi connectivity index (χ3v) is 2.96. The van der Waals surface area contributed by atoms with Crippen molar-refractivity contribution in [3.05, 3.63) is 24.3 Å². The Hall–Kier alpha value is -1.75. The third-order valence-electron chi connectivity index (χ3n) is 2.96. The van der Waals surface area contributed by atoms with Gasteiger partial charge in [-0.2, -0.15) is 0 Å². The molecule has 0 unspecified atom stereocenters. The lowest BCUT2D eigenvalue weighted by atomic mass is 10.2. The first-order valence-electron chi connectivity index (χ1n) is 5.89. The van der Waals surface area contributed by atoms with Crippen molar-refractivity contribution in [2.24, 2.45) is 10.8 Å². The predicted octanol–water partition coefficient (Wildman–Crippen LogP) is 1.15. The molecule has 1 heterocycles. The number of nitrogens with zero attached hydrogens (tertiary/aromatic N) is 2. The number of rotatable bonds is 2. The lowest BCUT2D eigenvalue weighted by Gasteiger charge is -2.18. The average Bonchev–Trinajstić information content (AvgIpc) is 2.90. The fourth-order valence-corrected chi connectivity index (χ4v) is 2.02. The maximum absolute atomic E-state index is 5.31. The summed E-state index contributed by atoms with van der Waals surface area (Å²) in [5.74, 6) is 5.86. The van der Waals surface area contributed by atoms with E-state index in [4.69, 9.17) is 5.84 Å². The molecule has 1 aromatic carbocycles. The van der Waals surface area contributed by atoms with Crippen molar-refractivity contribution in [2.75, 3.05) is 30.4 Å². The van der Waals surface area contributed by atoms with Gasteiger partial charge in [-0.3, -0.25) is 10.4 Å². The molecule has 0 spiro atoms. The van der Waals surface area contributed by atoms with Crippen LogP contribution in [0, 0.1) is 0 Å². The third kappa shape index (κ3) is 2.88. The standard InChI is InChI=1S/C12H19N5/c1-14-12(16-13)15-10-4-6-11(7-5-10)17-8-2-3-9-17/h4-7H,2-3,8-9,13H2,1H3,(H2,14,15,16). The molecule has 4 N–H and O–H groups in total. The fraction of sp³-hybridized carbons (Fsp3) is 0.417. The van der Waals surface area contributed by atoms with Gasteiger partial charge in [-0.05, 0) is 37.1 Å². The number of nitrogens with two attached hydrogens (primary N) is 1. The molecule has 1 aliphatic heterocycles. The SMILES string of the molecule is CN=C(NN)Nc1ccc(N2CCCC2)cc1. The summed E-state index contributed by atoms with van der Waals surface area (Å²) in [6, 6.07) is 8.32. The molecule has 17 heavy (non-hydrogen) atoms. The number of hydrogen-bond acceptors (Lipinski definition) is 3. The number of hydrazine groups is 1. The second kappa shape index (κ2) is 5.54. The summed E-state index contributed by atoms with van der Waals surface area (Å²) >= 11 is 0. The van der Waals surface area contributed by atoms with Crippen molar-refractivity contribution in [1.29, 1.82) is 0 Å². The van der Waals surface area contributed by atoms with E-state index in [-0.39, 0.29) is 0 Å². The summed E-state index contributed by atoms with van der Waals surface area (Å²) in [6.07, 6.45) is 2.59. The Labute approximate surface area is 102 Å². The summed E-state index contributed by atoms with van der Waals surface area (Å²) < 4.78 is 0. The van der Waals surface area contributed by atoms with Crippen LogP contribution in [0.15, 0.2) is 29.3 Å². The molecule has 5 heteroatoms. The van der Waals surface area contributed by atoms with Gasteiger partial charge in [0.25, 0.3) is 0 Å². The summed E-state index contributed by atoms with van der Waals surface area (Å²) in [5, 5.41) is 3.09. The molecule has 0 atom stereocenters. The first kappa shape index (κ1) is 11.7. The Morgan fingerprint density at radius 1 is 1.24 bits per heavy atom. The normalized spacial score (nSPS) is 16.1. The highest BCUT2D eigenvalue weighted by molar-refractivity contribution is 5.93. The molecule has 0 bridgehead atoms. The van der Waals surface area contributed by atoms with Crippen molar-refractivity contribution in [3.8, 4) is 0 Å². The van der Waals surface area contributed by atoms with E-state index in [1.54, 1.807) is 7.05 Å². The van der Waals surface area contributed by atoms with Crippen molar-refractivity contribution < 1.29 is 0 Å². The van der Waals surface area contributed by atoms with Gasteiger partial charge in [-0.15, -0.1) is 0 Å².